The van der Waals surface area contributed by atoms with Crippen LogP contribution in [0.15, 0.2) is 35.5 Å². The highest BCUT2D eigenvalue weighted by Crippen LogP contribution is 2.40. The lowest BCUT2D eigenvalue weighted by molar-refractivity contribution is -0.113. The molecule has 0 bridgehead atoms. The predicted octanol–water partition coefficient (Wildman–Crippen LogP) is 5.06. The van der Waals surface area contributed by atoms with Gasteiger partial charge in [0.25, 0.3) is 0 Å². The Morgan fingerprint density at radius 1 is 1.27 bits per heavy atom. The number of thioether (sulfide) groups is 1. The number of amides is 1. The normalized spacial score (nSPS) is 15.4. The Labute approximate surface area is 201 Å². The number of carbonyl (C=O) groups is 2. The molecule has 1 N–H and O–H groups in total. The van der Waals surface area contributed by atoms with Crippen molar-refractivity contribution in [1.29, 1.82) is 0 Å². The van der Waals surface area contributed by atoms with E-state index in [1.807, 2.05) is 55.7 Å². The monoisotopic (exact) mass is 484 g/mol. The number of benzene rings is 1. The molecule has 0 fully saturated rings. The zero-order valence-electron chi connectivity index (χ0n) is 19.3. The van der Waals surface area contributed by atoms with Gasteiger partial charge in [-0.1, -0.05) is 36.9 Å². The van der Waals surface area contributed by atoms with E-state index in [-0.39, 0.29) is 23.7 Å². The van der Waals surface area contributed by atoms with Crippen LogP contribution in [0.4, 0.5) is 5.00 Å². The highest BCUT2D eigenvalue weighted by Gasteiger charge is 2.29. The van der Waals surface area contributed by atoms with E-state index in [2.05, 4.69) is 22.4 Å². The molecule has 1 amide bonds. The van der Waals surface area contributed by atoms with E-state index in [1.165, 1.54) is 28.0 Å². The van der Waals surface area contributed by atoms with E-state index in [0.29, 0.717) is 21.6 Å². The summed E-state index contributed by atoms with van der Waals surface area (Å²) in [5.41, 5.74) is 2.50. The first-order valence-corrected chi connectivity index (χ1v) is 12.9. The number of nitrogens with one attached hydrogen (secondary N) is 1. The molecule has 7 nitrogen and oxygen atoms in total. The minimum absolute atomic E-state index is 0.155. The third kappa shape index (κ3) is 5.30. The fourth-order valence-electron chi connectivity index (χ4n) is 3.93. The molecule has 0 aliphatic heterocycles. The molecule has 1 aromatic carbocycles. The van der Waals surface area contributed by atoms with Crippen LogP contribution < -0.4 is 5.32 Å². The van der Waals surface area contributed by atoms with Gasteiger partial charge in [0, 0.05) is 10.6 Å². The number of aromatic nitrogens is 3. The second-order valence-corrected chi connectivity index (χ2v) is 10.6. The Bertz CT molecular complexity index is 1150. The van der Waals surface area contributed by atoms with Crippen LogP contribution in [-0.2, 0) is 22.4 Å². The Morgan fingerprint density at radius 2 is 2.03 bits per heavy atom. The third-order valence-corrected chi connectivity index (χ3v) is 7.55. The molecule has 174 valence electrons. The van der Waals surface area contributed by atoms with Gasteiger partial charge in [-0.15, -0.1) is 21.5 Å². The van der Waals surface area contributed by atoms with E-state index >= 15 is 0 Å². The minimum Gasteiger partial charge on any atom is -0.459 e. The fraction of sp³-hybridized carbons (Fsp3) is 0.417. The van der Waals surface area contributed by atoms with Crippen LogP contribution in [-0.4, -0.2) is 38.5 Å². The molecule has 9 heteroatoms. The molecule has 0 unspecified atom stereocenters. The van der Waals surface area contributed by atoms with Crippen molar-refractivity contribution in [1.82, 2.24) is 14.8 Å². The van der Waals surface area contributed by atoms with Gasteiger partial charge in [-0.2, -0.15) is 0 Å². The maximum atomic E-state index is 12.9. The number of anilines is 1. The average molecular weight is 485 g/mol. The first kappa shape index (κ1) is 23.5. The molecular formula is C24H28N4O3S2. The average Bonchev–Trinajstić information content (AvgIpc) is 3.31. The topological polar surface area (TPSA) is 86.1 Å². The largest absolute Gasteiger partial charge is 0.459 e. The molecule has 0 spiro atoms. The Hall–Kier alpha value is -2.65. The van der Waals surface area contributed by atoms with Gasteiger partial charge < -0.3 is 10.1 Å². The second kappa shape index (κ2) is 10.1. The molecule has 4 rings (SSSR count). The number of ether oxygens (including phenoxy) is 1. The van der Waals surface area contributed by atoms with Crippen molar-refractivity contribution in [3.05, 3.63) is 52.2 Å². The Balaban J connectivity index is 1.51. The van der Waals surface area contributed by atoms with Crippen molar-refractivity contribution in [3.8, 4) is 5.69 Å². The van der Waals surface area contributed by atoms with Crippen molar-refractivity contribution in [2.75, 3.05) is 11.1 Å². The Kier molecular flexibility index (Phi) is 7.19. The van der Waals surface area contributed by atoms with Gasteiger partial charge >= 0.3 is 5.97 Å². The zero-order chi connectivity index (χ0) is 23.5. The van der Waals surface area contributed by atoms with Crippen LogP contribution in [0.5, 0.6) is 0 Å². The number of esters is 1. The van der Waals surface area contributed by atoms with Crippen molar-refractivity contribution in [2.45, 2.75) is 58.2 Å². The molecule has 2 aromatic heterocycles. The number of carbonyl (C=O) groups excluding carboxylic acids is 2. The van der Waals surface area contributed by atoms with Gasteiger partial charge in [0.05, 0.1) is 17.4 Å². The standard InChI is InChI=1S/C24H28N4O3S2/c1-14(2)31-23(30)21-18-11-10-15(3)12-19(18)33-22(21)25-20(29)13-32-24-27-26-16(4)28(24)17-8-6-5-7-9-17/h5-9,14-15H,10-13H2,1-4H3,(H,25,29)/t15-/m1/s1. The Morgan fingerprint density at radius 3 is 2.76 bits per heavy atom. The van der Waals surface area contributed by atoms with Crippen molar-refractivity contribution in [2.24, 2.45) is 5.92 Å². The van der Waals surface area contributed by atoms with Crippen LogP contribution in [0, 0.1) is 12.8 Å². The lowest BCUT2D eigenvalue weighted by Gasteiger charge is -2.18. The van der Waals surface area contributed by atoms with Crippen LogP contribution in [0.25, 0.3) is 5.69 Å². The highest BCUT2D eigenvalue weighted by molar-refractivity contribution is 7.99. The molecule has 1 aliphatic carbocycles. The predicted molar refractivity (Wildman–Crippen MR) is 132 cm³/mol. The number of aryl methyl sites for hydroxylation is 1. The number of nitrogens with zero attached hydrogens (tertiary/aromatic N) is 3. The summed E-state index contributed by atoms with van der Waals surface area (Å²) in [4.78, 5) is 26.9. The van der Waals surface area contributed by atoms with Crippen LogP contribution in [0.3, 0.4) is 0 Å². The van der Waals surface area contributed by atoms with Crippen LogP contribution >= 0.6 is 23.1 Å². The van der Waals surface area contributed by atoms with Crippen molar-refractivity contribution >= 4 is 40.0 Å². The first-order chi connectivity index (χ1) is 15.8. The number of hydrogen-bond acceptors (Lipinski definition) is 7. The first-order valence-electron chi connectivity index (χ1n) is 11.1. The number of rotatable bonds is 7. The van der Waals surface area contributed by atoms with Crippen LogP contribution in [0.1, 0.15) is 53.8 Å². The molecule has 0 radical (unpaired) electrons. The summed E-state index contributed by atoms with van der Waals surface area (Å²) < 4.78 is 7.42. The molecule has 1 aliphatic rings. The summed E-state index contributed by atoms with van der Waals surface area (Å²) in [5.74, 6) is 0.924. The van der Waals surface area contributed by atoms with Gasteiger partial charge in [0.1, 0.15) is 10.8 Å². The fourth-order valence-corrected chi connectivity index (χ4v) is 6.14. The quantitative estimate of drug-likeness (QED) is 0.373. The minimum atomic E-state index is -0.362. The SMILES string of the molecule is Cc1nnc(SCC(=O)Nc2sc3c(c2C(=O)OC(C)C)CC[C@@H](C)C3)n1-c1ccccc1. The second-order valence-electron chi connectivity index (χ2n) is 8.55. The van der Waals surface area contributed by atoms with E-state index in [0.717, 1.165) is 36.3 Å². The maximum Gasteiger partial charge on any atom is 0.341 e. The van der Waals surface area contributed by atoms with Gasteiger partial charge in [-0.05, 0) is 63.6 Å². The van der Waals surface area contributed by atoms with Gasteiger partial charge in [0.2, 0.25) is 5.91 Å². The smallest absolute Gasteiger partial charge is 0.341 e. The lowest BCUT2D eigenvalue weighted by Crippen LogP contribution is -2.19. The van der Waals surface area contributed by atoms with Crippen LogP contribution in [0.2, 0.25) is 0 Å². The molecule has 3 aromatic rings. The number of thiophene rings is 1. The van der Waals surface area contributed by atoms with Gasteiger partial charge in [-0.3, -0.25) is 9.36 Å². The van der Waals surface area contributed by atoms with E-state index in [9.17, 15) is 9.59 Å². The molecule has 2 heterocycles. The van der Waals surface area contributed by atoms with Crippen molar-refractivity contribution < 1.29 is 14.3 Å². The summed E-state index contributed by atoms with van der Waals surface area (Å²) >= 11 is 2.82. The molecular weight excluding hydrogens is 456 g/mol. The molecule has 33 heavy (non-hydrogen) atoms. The highest BCUT2D eigenvalue weighted by atomic mass is 32.2. The molecule has 0 saturated carbocycles. The summed E-state index contributed by atoms with van der Waals surface area (Å²) in [6.07, 6.45) is 2.57. The number of fused-ring (bicyclic) bond motifs is 1. The number of hydrogen-bond donors (Lipinski definition) is 1. The molecule has 1 atom stereocenters. The van der Waals surface area contributed by atoms with Crippen molar-refractivity contribution in [3.63, 3.8) is 0 Å². The lowest BCUT2D eigenvalue weighted by atomic mass is 9.88. The molecule has 0 saturated heterocycles. The summed E-state index contributed by atoms with van der Waals surface area (Å²) in [6.45, 7) is 7.76. The third-order valence-electron chi connectivity index (χ3n) is 5.45. The van der Waals surface area contributed by atoms with E-state index < -0.39 is 0 Å². The maximum absolute atomic E-state index is 12.9. The van der Waals surface area contributed by atoms with Gasteiger partial charge in [0.15, 0.2) is 5.16 Å². The van der Waals surface area contributed by atoms with E-state index in [4.69, 9.17) is 4.74 Å². The summed E-state index contributed by atoms with van der Waals surface area (Å²) in [5, 5.41) is 12.6. The van der Waals surface area contributed by atoms with E-state index in [1.54, 1.807) is 0 Å². The number of para-hydroxylation sites is 1. The zero-order valence-corrected chi connectivity index (χ0v) is 20.9. The van der Waals surface area contributed by atoms with Gasteiger partial charge in [-0.25, -0.2) is 4.79 Å². The summed E-state index contributed by atoms with van der Waals surface area (Å²) in [6, 6.07) is 9.81. The summed E-state index contributed by atoms with van der Waals surface area (Å²) in [7, 11) is 0.